The highest BCUT2D eigenvalue weighted by Gasteiger charge is 2.32. The molecule has 0 bridgehead atoms. The lowest BCUT2D eigenvalue weighted by Gasteiger charge is -2.18. The standard InChI is InChI=1S/C16H15Cl2NO2/c1-16(2)8-10-4-3-5-13(15(10)21-16)20-9-12-11(17)6-7-14(18)19-12/h3-7H,8-9H2,1-2H3. The molecule has 1 aromatic carbocycles. The average molecular weight is 324 g/mol. The SMILES string of the molecule is CC1(C)Cc2cccc(OCc3nc(Cl)ccc3Cl)c2O1. The molecular weight excluding hydrogens is 309 g/mol. The number of halogens is 2. The highest BCUT2D eigenvalue weighted by molar-refractivity contribution is 6.32. The maximum Gasteiger partial charge on any atom is 0.165 e. The molecule has 3 nitrogen and oxygen atoms in total. The molecule has 21 heavy (non-hydrogen) atoms. The predicted molar refractivity (Wildman–Crippen MR) is 83.4 cm³/mol. The van der Waals surface area contributed by atoms with Gasteiger partial charge in [0.2, 0.25) is 0 Å². The molecule has 3 rings (SSSR count). The van der Waals surface area contributed by atoms with Crippen LogP contribution in [0.2, 0.25) is 10.2 Å². The third-order valence-corrected chi connectivity index (χ3v) is 3.86. The van der Waals surface area contributed by atoms with Gasteiger partial charge in [-0.3, -0.25) is 0 Å². The molecule has 110 valence electrons. The molecule has 2 aromatic rings. The topological polar surface area (TPSA) is 31.4 Å². The molecule has 0 fully saturated rings. The van der Waals surface area contributed by atoms with Crippen molar-refractivity contribution in [1.29, 1.82) is 0 Å². The van der Waals surface area contributed by atoms with Crippen LogP contribution in [-0.2, 0) is 13.0 Å². The van der Waals surface area contributed by atoms with Crippen molar-refractivity contribution in [2.45, 2.75) is 32.5 Å². The number of para-hydroxylation sites is 1. The number of hydrogen-bond donors (Lipinski definition) is 0. The quantitative estimate of drug-likeness (QED) is 0.768. The van der Waals surface area contributed by atoms with Crippen LogP contribution in [-0.4, -0.2) is 10.6 Å². The van der Waals surface area contributed by atoms with Gasteiger partial charge in [-0.15, -0.1) is 0 Å². The Hall–Kier alpha value is -1.45. The fraction of sp³-hybridized carbons (Fsp3) is 0.312. The highest BCUT2D eigenvalue weighted by atomic mass is 35.5. The summed E-state index contributed by atoms with van der Waals surface area (Å²) >= 11 is 12.0. The molecular formula is C16H15Cl2NO2. The second-order valence-corrected chi connectivity index (χ2v) is 6.43. The normalized spacial score (nSPS) is 15.4. The Morgan fingerprint density at radius 2 is 2.05 bits per heavy atom. The number of ether oxygens (including phenoxy) is 2. The Bertz CT molecular complexity index is 686. The molecule has 0 radical (unpaired) electrons. The van der Waals surface area contributed by atoms with Crippen LogP contribution in [0.5, 0.6) is 11.5 Å². The van der Waals surface area contributed by atoms with Crippen molar-refractivity contribution in [2.75, 3.05) is 0 Å². The van der Waals surface area contributed by atoms with Crippen LogP contribution >= 0.6 is 23.2 Å². The molecule has 1 aliphatic heterocycles. The summed E-state index contributed by atoms with van der Waals surface area (Å²) in [6.07, 6.45) is 0.871. The Labute approximate surface area is 133 Å². The van der Waals surface area contributed by atoms with Gasteiger partial charge in [0.1, 0.15) is 17.4 Å². The van der Waals surface area contributed by atoms with Gasteiger partial charge >= 0.3 is 0 Å². The summed E-state index contributed by atoms with van der Waals surface area (Å²) in [6.45, 7) is 4.37. The Morgan fingerprint density at radius 1 is 1.24 bits per heavy atom. The van der Waals surface area contributed by atoms with Crippen molar-refractivity contribution >= 4 is 23.2 Å². The first-order valence-corrected chi connectivity index (χ1v) is 7.45. The van der Waals surface area contributed by atoms with E-state index in [0.29, 0.717) is 21.6 Å². The zero-order valence-electron chi connectivity index (χ0n) is 11.8. The zero-order chi connectivity index (χ0) is 15.0. The summed E-state index contributed by atoms with van der Waals surface area (Å²) < 4.78 is 11.8. The van der Waals surface area contributed by atoms with Crippen molar-refractivity contribution in [1.82, 2.24) is 4.98 Å². The maximum atomic E-state index is 6.09. The molecule has 5 heteroatoms. The van der Waals surface area contributed by atoms with Gasteiger partial charge < -0.3 is 9.47 Å². The van der Waals surface area contributed by atoms with E-state index in [9.17, 15) is 0 Å². The fourth-order valence-corrected chi connectivity index (χ4v) is 2.73. The van der Waals surface area contributed by atoms with E-state index in [2.05, 4.69) is 24.9 Å². The molecule has 0 unspecified atom stereocenters. The van der Waals surface area contributed by atoms with E-state index >= 15 is 0 Å². The molecule has 2 heterocycles. The first kappa shape index (κ1) is 14.5. The second-order valence-electron chi connectivity index (χ2n) is 5.63. The van der Waals surface area contributed by atoms with Crippen molar-refractivity contribution in [3.63, 3.8) is 0 Å². The lowest BCUT2D eigenvalue weighted by Crippen LogP contribution is -2.24. The first-order valence-electron chi connectivity index (χ1n) is 6.69. The molecule has 0 saturated carbocycles. The number of rotatable bonds is 3. The van der Waals surface area contributed by atoms with Gasteiger partial charge in [-0.25, -0.2) is 4.98 Å². The minimum absolute atomic E-state index is 0.201. The van der Waals surface area contributed by atoms with Crippen LogP contribution in [0.25, 0.3) is 0 Å². The molecule has 0 atom stereocenters. The van der Waals surface area contributed by atoms with Crippen molar-refractivity contribution in [3.8, 4) is 11.5 Å². The number of fused-ring (bicyclic) bond motifs is 1. The van der Waals surface area contributed by atoms with E-state index in [1.807, 2.05) is 12.1 Å². The van der Waals surface area contributed by atoms with Crippen LogP contribution in [0, 0.1) is 0 Å². The van der Waals surface area contributed by atoms with Gasteiger partial charge in [-0.1, -0.05) is 35.3 Å². The van der Waals surface area contributed by atoms with Crippen LogP contribution in [0.3, 0.4) is 0 Å². The summed E-state index contributed by atoms with van der Waals surface area (Å²) in [5, 5.41) is 0.932. The van der Waals surface area contributed by atoms with Crippen LogP contribution in [0.1, 0.15) is 25.1 Å². The predicted octanol–water partition coefficient (Wildman–Crippen LogP) is 4.68. The van der Waals surface area contributed by atoms with Crippen LogP contribution in [0.15, 0.2) is 30.3 Å². The van der Waals surface area contributed by atoms with Gasteiger partial charge in [-0.2, -0.15) is 0 Å². The van der Waals surface area contributed by atoms with Crippen LogP contribution in [0.4, 0.5) is 0 Å². The van der Waals surface area contributed by atoms with E-state index in [-0.39, 0.29) is 12.2 Å². The lowest BCUT2D eigenvalue weighted by atomic mass is 10.0. The van der Waals surface area contributed by atoms with Gasteiger partial charge in [0.15, 0.2) is 11.5 Å². The van der Waals surface area contributed by atoms with Gasteiger partial charge in [0.05, 0.1) is 10.7 Å². The Kier molecular flexibility index (Phi) is 3.72. The molecule has 0 N–H and O–H groups in total. The summed E-state index contributed by atoms with van der Waals surface area (Å²) in [5.41, 5.74) is 1.56. The van der Waals surface area contributed by atoms with E-state index in [1.165, 1.54) is 0 Å². The third-order valence-electron chi connectivity index (χ3n) is 3.30. The monoisotopic (exact) mass is 323 g/mol. The largest absolute Gasteiger partial charge is 0.483 e. The number of nitrogens with zero attached hydrogens (tertiary/aromatic N) is 1. The van der Waals surface area contributed by atoms with Crippen molar-refractivity contribution < 1.29 is 9.47 Å². The minimum atomic E-state index is -0.201. The second kappa shape index (κ2) is 5.39. The zero-order valence-corrected chi connectivity index (χ0v) is 13.3. The summed E-state index contributed by atoms with van der Waals surface area (Å²) in [4.78, 5) is 4.18. The summed E-state index contributed by atoms with van der Waals surface area (Å²) in [7, 11) is 0. The summed E-state index contributed by atoms with van der Waals surface area (Å²) in [5.74, 6) is 1.51. The highest BCUT2D eigenvalue weighted by Crippen LogP contribution is 2.42. The van der Waals surface area contributed by atoms with Gasteiger partial charge in [0, 0.05) is 12.0 Å². The smallest absolute Gasteiger partial charge is 0.165 e. The number of aromatic nitrogens is 1. The van der Waals surface area contributed by atoms with Crippen molar-refractivity contribution in [3.05, 3.63) is 51.8 Å². The molecule has 0 amide bonds. The van der Waals surface area contributed by atoms with E-state index in [4.69, 9.17) is 32.7 Å². The molecule has 0 saturated heterocycles. The Balaban J connectivity index is 1.81. The van der Waals surface area contributed by atoms with E-state index in [1.54, 1.807) is 12.1 Å². The minimum Gasteiger partial charge on any atom is -0.483 e. The van der Waals surface area contributed by atoms with E-state index < -0.39 is 0 Å². The number of pyridine rings is 1. The maximum absolute atomic E-state index is 6.09. The Morgan fingerprint density at radius 3 is 2.86 bits per heavy atom. The molecule has 1 aliphatic rings. The summed E-state index contributed by atoms with van der Waals surface area (Å²) in [6, 6.07) is 9.27. The average Bonchev–Trinajstić information content (AvgIpc) is 2.74. The van der Waals surface area contributed by atoms with E-state index in [0.717, 1.165) is 17.7 Å². The van der Waals surface area contributed by atoms with Gasteiger partial charge in [-0.05, 0) is 32.0 Å². The third kappa shape index (κ3) is 3.09. The van der Waals surface area contributed by atoms with Crippen LogP contribution < -0.4 is 9.47 Å². The number of hydrogen-bond acceptors (Lipinski definition) is 3. The lowest BCUT2D eigenvalue weighted by molar-refractivity contribution is 0.131. The fourth-order valence-electron chi connectivity index (χ4n) is 2.41. The molecule has 0 spiro atoms. The molecule has 1 aromatic heterocycles. The number of benzene rings is 1. The first-order chi connectivity index (χ1) is 9.94. The van der Waals surface area contributed by atoms with Crippen molar-refractivity contribution in [2.24, 2.45) is 0 Å². The van der Waals surface area contributed by atoms with Gasteiger partial charge in [0.25, 0.3) is 0 Å². The molecule has 0 aliphatic carbocycles.